The van der Waals surface area contributed by atoms with Gasteiger partial charge in [-0.25, -0.2) is 0 Å². The van der Waals surface area contributed by atoms with Gasteiger partial charge in [-0.2, -0.15) is 0 Å². The molecule has 2 unspecified atom stereocenters. The van der Waals surface area contributed by atoms with Crippen LogP contribution in [-0.2, 0) is 18.6 Å². The van der Waals surface area contributed by atoms with E-state index in [1.54, 1.807) is 6.20 Å². The SMILES string of the molecule is CCc1oc2ccccc2c1CN1CC2CCCC(C1)C2(O)c1cccnc1. The smallest absolute Gasteiger partial charge is 0.134 e. The van der Waals surface area contributed by atoms with Crippen LogP contribution >= 0.6 is 0 Å². The largest absolute Gasteiger partial charge is 0.461 e. The first-order chi connectivity index (χ1) is 13.7. The van der Waals surface area contributed by atoms with Crippen molar-refractivity contribution in [1.82, 2.24) is 9.88 Å². The lowest BCUT2D eigenvalue weighted by atomic mass is 9.63. The molecule has 2 aromatic heterocycles. The topological polar surface area (TPSA) is 49.5 Å². The van der Waals surface area contributed by atoms with Crippen molar-refractivity contribution in [3.63, 3.8) is 0 Å². The van der Waals surface area contributed by atoms with Gasteiger partial charge in [-0.05, 0) is 25.0 Å². The van der Waals surface area contributed by atoms with E-state index in [0.717, 1.165) is 55.8 Å². The van der Waals surface area contributed by atoms with E-state index in [4.69, 9.17) is 4.42 Å². The van der Waals surface area contributed by atoms with Crippen molar-refractivity contribution in [3.05, 3.63) is 65.7 Å². The Morgan fingerprint density at radius 1 is 1.14 bits per heavy atom. The fraction of sp³-hybridized carbons (Fsp3) is 0.458. The predicted octanol–water partition coefficient (Wildman–Crippen LogP) is 4.51. The third kappa shape index (κ3) is 2.78. The maximum Gasteiger partial charge on any atom is 0.134 e. The summed E-state index contributed by atoms with van der Waals surface area (Å²) in [7, 11) is 0. The number of piperidine rings is 1. The van der Waals surface area contributed by atoms with Crippen molar-refractivity contribution in [1.29, 1.82) is 0 Å². The number of rotatable bonds is 4. The standard InChI is InChI=1S/C24H28N2O2/c1-2-22-21(20-10-3-4-11-23(20)28-22)16-26-14-18-7-5-8-19(15-26)24(18,27)17-9-6-12-25-13-17/h3-4,6,9-13,18-19,27H,2,5,7-8,14-16H2,1H3. The van der Waals surface area contributed by atoms with E-state index < -0.39 is 5.60 Å². The van der Waals surface area contributed by atoms with Gasteiger partial charge in [-0.3, -0.25) is 9.88 Å². The Kier molecular flexibility index (Phi) is 4.48. The first-order valence-electron chi connectivity index (χ1n) is 10.5. The Morgan fingerprint density at radius 2 is 1.93 bits per heavy atom. The molecule has 1 N–H and O–H groups in total. The first-order valence-corrected chi connectivity index (χ1v) is 10.5. The molecule has 146 valence electrons. The van der Waals surface area contributed by atoms with Crippen LogP contribution in [0.3, 0.4) is 0 Å². The molecule has 0 radical (unpaired) electrons. The van der Waals surface area contributed by atoms with Crippen LogP contribution in [-0.4, -0.2) is 28.1 Å². The Morgan fingerprint density at radius 3 is 2.64 bits per heavy atom. The van der Waals surface area contributed by atoms with Crippen LogP contribution in [0.1, 0.15) is 43.1 Å². The summed E-state index contributed by atoms with van der Waals surface area (Å²) in [6.45, 7) is 4.90. The second-order valence-electron chi connectivity index (χ2n) is 8.44. The van der Waals surface area contributed by atoms with Crippen LogP contribution in [0.15, 0.2) is 53.2 Å². The minimum absolute atomic E-state index is 0.257. The van der Waals surface area contributed by atoms with E-state index in [0.29, 0.717) is 0 Å². The fourth-order valence-corrected chi connectivity index (χ4v) is 5.58. The predicted molar refractivity (Wildman–Crippen MR) is 110 cm³/mol. The number of hydrogen-bond acceptors (Lipinski definition) is 4. The van der Waals surface area contributed by atoms with Crippen molar-refractivity contribution < 1.29 is 9.52 Å². The van der Waals surface area contributed by atoms with Crippen LogP contribution in [0.2, 0.25) is 0 Å². The van der Waals surface area contributed by atoms with Crippen molar-refractivity contribution in [2.24, 2.45) is 11.8 Å². The van der Waals surface area contributed by atoms with Crippen LogP contribution in [0, 0.1) is 11.8 Å². The van der Waals surface area contributed by atoms with Crippen LogP contribution < -0.4 is 0 Å². The van der Waals surface area contributed by atoms with Gasteiger partial charge in [-0.1, -0.05) is 37.6 Å². The van der Waals surface area contributed by atoms with E-state index in [2.05, 4.69) is 35.0 Å². The minimum atomic E-state index is -0.741. The van der Waals surface area contributed by atoms with Gasteiger partial charge in [0.2, 0.25) is 0 Å². The second-order valence-corrected chi connectivity index (χ2v) is 8.44. The van der Waals surface area contributed by atoms with Crippen molar-refractivity contribution in [3.8, 4) is 0 Å². The summed E-state index contributed by atoms with van der Waals surface area (Å²) < 4.78 is 6.11. The highest BCUT2D eigenvalue weighted by atomic mass is 16.3. The zero-order chi connectivity index (χ0) is 19.1. The highest BCUT2D eigenvalue weighted by Gasteiger charge is 2.51. The zero-order valence-corrected chi connectivity index (χ0v) is 16.5. The quantitative estimate of drug-likeness (QED) is 0.728. The van der Waals surface area contributed by atoms with E-state index in [1.807, 2.05) is 24.4 Å². The van der Waals surface area contributed by atoms with Crippen LogP contribution in [0.4, 0.5) is 0 Å². The Labute approximate surface area is 166 Å². The third-order valence-electron chi connectivity index (χ3n) is 6.92. The second kappa shape index (κ2) is 7.02. The summed E-state index contributed by atoms with van der Waals surface area (Å²) in [4.78, 5) is 6.82. The highest BCUT2D eigenvalue weighted by Crippen LogP contribution is 2.49. The van der Waals surface area contributed by atoms with E-state index in [-0.39, 0.29) is 11.8 Å². The molecule has 2 bridgehead atoms. The number of aromatic nitrogens is 1. The van der Waals surface area contributed by atoms with Gasteiger partial charge in [0.15, 0.2) is 0 Å². The van der Waals surface area contributed by atoms with Gasteiger partial charge in [0.1, 0.15) is 11.3 Å². The monoisotopic (exact) mass is 376 g/mol. The lowest BCUT2D eigenvalue weighted by Crippen LogP contribution is -2.57. The molecule has 2 fully saturated rings. The summed E-state index contributed by atoms with van der Waals surface area (Å²) >= 11 is 0. The molecule has 1 aromatic carbocycles. The lowest BCUT2D eigenvalue weighted by Gasteiger charge is -2.53. The normalized spacial score (nSPS) is 27.9. The molecule has 1 saturated carbocycles. The molecule has 2 atom stereocenters. The van der Waals surface area contributed by atoms with Crippen molar-refractivity contribution in [2.45, 2.75) is 44.8 Å². The van der Waals surface area contributed by atoms with Crippen molar-refractivity contribution in [2.75, 3.05) is 13.1 Å². The van der Waals surface area contributed by atoms with Crippen LogP contribution in [0.25, 0.3) is 11.0 Å². The number of nitrogens with zero attached hydrogens (tertiary/aromatic N) is 2. The Bertz CT molecular complexity index is 951. The Hall–Kier alpha value is -2.17. The third-order valence-corrected chi connectivity index (χ3v) is 6.92. The zero-order valence-electron chi connectivity index (χ0n) is 16.5. The number of likely N-dealkylation sites (tertiary alicyclic amines) is 1. The molecular formula is C24H28N2O2. The van der Waals surface area contributed by atoms with Gasteiger partial charge in [-0.15, -0.1) is 0 Å². The molecule has 0 amide bonds. The number of pyridine rings is 1. The molecule has 3 aromatic rings. The minimum Gasteiger partial charge on any atom is -0.461 e. The number of aliphatic hydroxyl groups is 1. The molecule has 28 heavy (non-hydrogen) atoms. The van der Waals surface area contributed by atoms with E-state index in [1.165, 1.54) is 17.4 Å². The average Bonchev–Trinajstić information content (AvgIpc) is 3.07. The highest BCUT2D eigenvalue weighted by molar-refractivity contribution is 5.82. The fourth-order valence-electron chi connectivity index (χ4n) is 5.58. The maximum absolute atomic E-state index is 11.8. The number of para-hydroxylation sites is 1. The first kappa shape index (κ1) is 17.9. The lowest BCUT2D eigenvalue weighted by molar-refractivity contribution is -0.148. The molecule has 4 heteroatoms. The molecule has 1 aliphatic carbocycles. The van der Waals surface area contributed by atoms with Crippen molar-refractivity contribution >= 4 is 11.0 Å². The van der Waals surface area contributed by atoms with Gasteiger partial charge in [0, 0.05) is 66.8 Å². The van der Waals surface area contributed by atoms with Gasteiger partial charge in [0.25, 0.3) is 0 Å². The van der Waals surface area contributed by atoms with Crippen LogP contribution in [0.5, 0.6) is 0 Å². The number of aryl methyl sites for hydroxylation is 1. The number of furan rings is 1. The molecule has 1 aliphatic heterocycles. The van der Waals surface area contributed by atoms with E-state index in [9.17, 15) is 5.11 Å². The molecular weight excluding hydrogens is 348 g/mol. The molecule has 0 spiro atoms. The van der Waals surface area contributed by atoms with Gasteiger partial charge >= 0.3 is 0 Å². The molecule has 4 nitrogen and oxygen atoms in total. The molecule has 5 rings (SSSR count). The molecule has 2 aliphatic rings. The van der Waals surface area contributed by atoms with Gasteiger partial charge < -0.3 is 9.52 Å². The summed E-state index contributed by atoms with van der Waals surface area (Å²) in [6, 6.07) is 12.3. The summed E-state index contributed by atoms with van der Waals surface area (Å²) in [6.07, 6.45) is 7.91. The summed E-state index contributed by atoms with van der Waals surface area (Å²) in [5.74, 6) is 1.61. The molecule has 3 heterocycles. The average molecular weight is 376 g/mol. The summed E-state index contributed by atoms with van der Waals surface area (Å²) in [5.41, 5.74) is 2.56. The number of hydrogen-bond donors (Lipinski definition) is 1. The molecule has 1 saturated heterocycles. The number of fused-ring (bicyclic) bond motifs is 3. The van der Waals surface area contributed by atoms with E-state index >= 15 is 0 Å². The maximum atomic E-state index is 11.8. The van der Waals surface area contributed by atoms with Gasteiger partial charge in [0.05, 0.1) is 5.60 Å². The Balaban J connectivity index is 1.45. The summed E-state index contributed by atoms with van der Waals surface area (Å²) in [5, 5.41) is 13.0. The number of benzene rings is 1.